The molecule has 2 N–H and O–H groups in total. The number of carbonyl (C=O) groups is 3. The fourth-order valence-corrected chi connectivity index (χ4v) is 2.32. The highest BCUT2D eigenvalue weighted by Crippen LogP contribution is 2.32. The lowest BCUT2D eigenvalue weighted by molar-refractivity contribution is 0.0880. The molecule has 0 spiro atoms. The molecule has 21 heavy (non-hydrogen) atoms. The van der Waals surface area contributed by atoms with Crippen LogP contribution in [0.25, 0.3) is 0 Å². The van der Waals surface area contributed by atoms with Gasteiger partial charge < -0.3 is 5.11 Å². The summed E-state index contributed by atoms with van der Waals surface area (Å²) in [5, 5.41) is 11.6. The van der Waals surface area contributed by atoms with E-state index in [0.717, 1.165) is 4.90 Å². The number of hydrogen-bond acceptors (Lipinski definition) is 3. The topological polar surface area (TPSA) is 86.7 Å². The molecule has 0 saturated carbocycles. The SMILES string of the molecule is O=C1NC(=O)c2c1cccc2N(C(=O)O)c1ccccc1. The second kappa shape index (κ2) is 4.75. The van der Waals surface area contributed by atoms with E-state index >= 15 is 0 Å². The van der Waals surface area contributed by atoms with E-state index in [9.17, 15) is 19.5 Å². The Morgan fingerprint density at radius 2 is 1.67 bits per heavy atom. The first-order valence-corrected chi connectivity index (χ1v) is 6.16. The summed E-state index contributed by atoms with van der Waals surface area (Å²) in [4.78, 5) is 36.1. The van der Waals surface area contributed by atoms with E-state index in [1.807, 2.05) is 0 Å². The van der Waals surface area contributed by atoms with Crippen LogP contribution in [0.1, 0.15) is 20.7 Å². The smallest absolute Gasteiger partial charge is 0.416 e. The van der Waals surface area contributed by atoms with Crippen LogP contribution in [0.2, 0.25) is 0 Å². The number of nitrogens with zero attached hydrogens (tertiary/aromatic N) is 1. The zero-order valence-electron chi connectivity index (χ0n) is 10.7. The molecule has 6 nitrogen and oxygen atoms in total. The van der Waals surface area contributed by atoms with E-state index in [4.69, 9.17) is 0 Å². The minimum absolute atomic E-state index is 0.0775. The first-order valence-electron chi connectivity index (χ1n) is 6.16. The molecule has 1 aliphatic rings. The summed E-state index contributed by atoms with van der Waals surface area (Å²) in [7, 11) is 0. The molecule has 0 radical (unpaired) electrons. The van der Waals surface area contributed by atoms with E-state index in [0.29, 0.717) is 5.69 Å². The van der Waals surface area contributed by atoms with Crippen LogP contribution in [-0.2, 0) is 0 Å². The number of rotatable bonds is 2. The third-order valence-corrected chi connectivity index (χ3v) is 3.19. The second-order valence-corrected chi connectivity index (χ2v) is 4.44. The van der Waals surface area contributed by atoms with Crippen molar-refractivity contribution in [3.63, 3.8) is 0 Å². The van der Waals surface area contributed by atoms with Gasteiger partial charge in [-0.1, -0.05) is 24.3 Å². The fraction of sp³-hybridized carbons (Fsp3) is 0. The van der Waals surface area contributed by atoms with Crippen molar-refractivity contribution in [3.05, 3.63) is 59.7 Å². The molecule has 6 heteroatoms. The minimum atomic E-state index is -1.23. The van der Waals surface area contributed by atoms with Crippen molar-refractivity contribution in [2.75, 3.05) is 4.90 Å². The highest BCUT2D eigenvalue weighted by atomic mass is 16.4. The third kappa shape index (κ3) is 2.02. The molecule has 0 bridgehead atoms. The molecule has 2 aromatic rings. The van der Waals surface area contributed by atoms with Crippen molar-refractivity contribution in [1.82, 2.24) is 5.32 Å². The molecule has 2 aromatic carbocycles. The summed E-state index contributed by atoms with van der Waals surface area (Å²) in [6, 6.07) is 12.9. The molecular formula is C15H10N2O4. The molecule has 3 amide bonds. The number of hydrogen-bond donors (Lipinski definition) is 2. The summed E-state index contributed by atoms with van der Waals surface area (Å²) in [6.45, 7) is 0. The Balaban J connectivity index is 2.22. The number of carbonyl (C=O) groups excluding carboxylic acids is 2. The summed E-state index contributed by atoms with van der Waals surface area (Å²) in [6.07, 6.45) is -1.23. The molecule has 1 aliphatic heterocycles. The standard InChI is InChI=1S/C15H10N2O4/c18-13-10-7-4-8-11(12(10)14(19)16-13)17(15(20)21)9-5-2-1-3-6-9/h1-8H,(H,20,21)(H,16,18,19). The summed E-state index contributed by atoms with van der Waals surface area (Å²) < 4.78 is 0. The monoisotopic (exact) mass is 282 g/mol. The van der Waals surface area contributed by atoms with Gasteiger partial charge in [-0.3, -0.25) is 14.9 Å². The number of carboxylic acid groups (broad SMARTS) is 1. The number of nitrogens with one attached hydrogen (secondary N) is 1. The van der Waals surface area contributed by atoms with Gasteiger partial charge in [-0.25, -0.2) is 9.69 Å². The van der Waals surface area contributed by atoms with E-state index in [1.165, 1.54) is 12.1 Å². The Kier molecular flexibility index (Phi) is 2.91. The lowest BCUT2D eigenvalue weighted by Gasteiger charge is -2.21. The van der Waals surface area contributed by atoms with Gasteiger partial charge >= 0.3 is 6.09 Å². The Hall–Kier alpha value is -3.15. The molecule has 0 fully saturated rings. The van der Waals surface area contributed by atoms with Crippen LogP contribution in [0.5, 0.6) is 0 Å². The van der Waals surface area contributed by atoms with Gasteiger partial charge in [0, 0.05) is 0 Å². The number of fused-ring (bicyclic) bond motifs is 1. The third-order valence-electron chi connectivity index (χ3n) is 3.19. The van der Waals surface area contributed by atoms with Crippen molar-refractivity contribution >= 4 is 29.3 Å². The second-order valence-electron chi connectivity index (χ2n) is 4.44. The van der Waals surface area contributed by atoms with Gasteiger partial charge in [0.25, 0.3) is 11.8 Å². The van der Waals surface area contributed by atoms with Gasteiger partial charge in [0.05, 0.1) is 22.5 Å². The summed E-state index contributed by atoms with van der Waals surface area (Å²) in [5.41, 5.74) is 0.813. The van der Waals surface area contributed by atoms with Crippen LogP contribution in [-0.4, -0.2) is 23.0 Å². The maximum atomic E-state index is 11.9. The predicted molar refractivity (Wildman–Crippen MR) is 74.8 cm³/mol. The van der Waals surface area contributed by atoms with Crippen molar-refractivity contribution in [3.8, 4) is 0 Å². The Morgan fingerprint density at radius 3 is 2.33 bits per heavy atom. The van der Waals surface area contributed by atoms with E-state index in [1.54, 1.807) is 36.4 Å². The van der Waals surface area contributed by atoms with Crippen LogP contribution >= 0.6 is 0 Å². The van der Waals surface area contributed by atoms with E-state index in [2.05, 4.69) is 5.32 Å². The molecule has 1 heterocycles. The molecule has 3 rings (SSSR count). The Labute approximate surface area is 119 Å². The van der Waals surface area contributed by atoms with Crippen LogP contribution in [0.3, 0.4) is 0 Å². The molecule has 0 saturated heterocycles. The largest absolute Gasteiger partial charge is 0.464 e. The number of imide groups is 1. The molecule has 104 valence electrons. The van der Waals surface area contributed by atoms with Crippen molar-refractivity contribution in [2.24, 2.45) is 0 Å². The van der Waals surface area contributed by atoms with Crippen LogP contribution in [0, 0.1) is 0 Å². The first kappa shape index (κ1) is 12.9. The van der Waals surface area contributed by atoms with Gasteiger partial charge in [0.1, 0.15) is 0 Å². The highest BCUT2D eigenvalue weighted by Gasteiger charge is 2.33. The maximum Gasteiger partial charge on any atom is 0.416 e. The number of anilines is 2. The van der Waals surface area contributed by atoms with Crippen LogP contribution in [0.4, 0.5) is 16.2 Å². The van der Waals surface area contributed by atoms with Gasteiger partial charge in [0.2, 0.25) is 0 Å². The zero-order valence-corrected chi connectivity index (χ0v) is 10.7. The quantitative estimate of drug-likeness (QED) is 0.828. The van der Waals surface area contributed by atoms with E-state index in [-0.39, 0.29) is 16.8 Å². The normalized spacial score (nSPS) is 12.8. The average Bonchev–Trinajstić information content (AvgIpc) is 2.76. The van der Waals surface area contributed by atoms with Gasteiger partial charge in [-0.05, 0) is 24.3 Å². The predicted octanol–water partition coefficient (Wildman–Crippen LogP) is 2.39. The van der Waals surface area contributed by atoms with Crippen molar-refractivity contribution in [1.29, 1.82) is 0 Å². The highest BCUT2D eigenvalue weighted by molar-refractivity contribution is 6.25. The number of para-hydroxylation sites is 1. The zero-order chi connectivity index (χ0) is 15.0. The van der Waals surface area contributed by atoms with Crippen molar-refractivity contribution < 1.29 is 19.5 Å². The van der Waals surface area contributed by atoms with E-state index < -0.39 is 17.9 Å². The first-order chi connectivity index (χ1) is 10.1. The number of benzene rings is 2. The number of amides is 3. The Bertz CT molecular complexity index is 756. The van der Waals surface area contributed by atoms with Gasteiger partial charge in [-0.2, -0.15) is 0 Å². The fourth-order valence-electron chi connectivity index (χ4n) is 2.32. The summed E-state index contributed by atoms with van der Waals surface area (Å²) in [5.74, 6) is -1.11. The van der Waals surface area contributed by atoms with Crippen molar-refractivity contribution in [2.45, 2.75) is 0 Å². The molecular weight excluding hydrogens is 272 g/mol. The molecule has 0 aliphatic carbocycles. The average molecular weight is 282 g/mol. The molecule has 0 unspecified atom stereocenters. The molecule has 0 atom stereocenters. The van der Waals surface area contributed by atoms with Crippen LogP contribution < -0.4 is 10.2 Å². The van der Waals surface area contributed by atoms with Crippen LogP contribution in [0.15, 0.2) is 48.5 Å². The lowest BCUT2D eigenvalue weighted by Crippen LogP contribution is -2.26. The maximum absolute atomic E-state index is 11.9. The van der Waals surface area contributed by atoms with Gasteiger partial charge in [-0.15, -0.1) is 0 Å². The van der Waals surface area contributed by atoms with Gasteiger partial charge in [0.15, 0.2) is 0 Å². The lowest BCUT2D eigenvalue weighted by atomic mass is 10.1. The Morgan fingerprint density at radius 1 is 0.952 bits per heavy atom. The summed E-state index contributed by atoms with van der Waals surface area (Å²) >= 11 is 0. The minimum Gasteiger partial charge on any atom is -0.464 e. The molecule has 0 aromatic heterocycles.